The number of phenols is 1. The third-order valence-corrected chi connectivity index (χ3v) is 2.97. The fourth-order valence-corrected chi connectivity index (χ4v) is 1.74. The first-order valence-electron chi connectivity index (χ1n) is 4.78. The molecular weight excluding hydrogens is 335 g/mol. The molecular formula is C11H9IN2O3. The molecule has 0 saturated heterocycles. The standard InChI is InChI=1S/C11H9IN2O3/c1-6-2-7(15)4-8(3-6)17-11-9(12)10(16)13-5-14-11/h2-5,15H,1H3,(H,13,14,16). The first-order valence-corrected chi connectivity index (χ1v) is 5.86. The maximum Gasteiger partial charge on any atom is 0.268 e. The number of H-pyrrole nitrogens is 1. The average molecular weight is 344 g/mol. The summed E-state index contributed by atoms with van der Waals surface area (Å²) in [7, 11) is 0. The Morgan fingerprint density at radius 3 is 2.88 bits per heavy atom. The van der Waals surface area contributed by atoms with Crippen molar-refractivity contribution >= 4 is 22.6 Å². The molecule has 17 heavy (non-hydrogen) atoms. The summed E-state index contributed by atoms with van der Waals surface area (Å²) in [5, 5.41) is 9.43. The van der Waals surface area contributed by atoms with E-state index >= 15 is 0 Å². The average Bonchev–Trinajstić information content (AvgIpc) is 2.23. The largest absolute Gasteiger partial charge is 0.508 e. The number of nitrogens with zero attached hydrogens (tertiary/aromatic N) is 1. The molecule has 2 aromatic rings. The molecule has 1 heterocycles. The quantitative estimate of drug-likeness (QED) is 0.819. The maximum atomic E-state index is 11.3. The van der Waals surface area contributed by atoms with E-state index in [1.165, 1.54) is 12.4 Å². The maximum absolute atomic E-state index is 11.3. The van der Waals surface area contributed by atoms with Crippen LogP contribution in [0.2, 0.25) is 0 Å². The van der Waals surface area contributed by atoms with Crippen LogP contribution in [0.5, 0.6) is 17.4 Å². The molecule has 0 unspecified atom stereocenters. The summed E-state index contributed by atoms with van der Waals surface area (Å²) in [6.45, 7) is 1.84. The van der Waals surface area contributed by atoms with Gasteiger partial charge in [0.25, 0.3) is 5.56 Å². The molecule has 88 valence electrons. The topological polar surface area (TPSA) is 75.2 Å². The Bertz CT molecular complexity index is 590. The number of benzene rings is 1. The molecule has 6 heteroatoms. The van der Waals surface area contributed by atoms with Gasteiger partial charge in [-0.3, -0.25) is 4.79 Å². The van der Waals surface area contributed by atoms with E-state index in [1.807, 2.05) is 29.5 Å². The zero-order valence-corrected chi connectivity index (χ0v) is 11.1. The smallest absolute Gasteiger partial charge is 0.268 e. The van der Waals surface area contributed by atoms with Crippen LogP contribution < -0.4 is 10.3 Å². The lowest BCUT2D eigenvalue weighted by molar-refractivity contribution is 0.441. The second-order valence-corrected chi connectivity index (χ2v) is 4.54. The number of aromatic nitrogens is 2. The van der Waals surface area contributed by atoms with Crippen LogP contribution in [0.25, 0.3) is 0 Å². The van der Waals surface area contributed by atoms with Crippen LogP contribution >= 0.6 is 22.6 Å². The van der Waals surface area contributed by atoms with Gasteiger partial charge < -0.3 is 14.8 Å². The van der Waals surface area contributed by atoms with Crippen LogP contribution in [0.3, 0.4) is 0 Å². The number of aromatic amines is 1. The summed E-state index contributed by atoms with van der Waals surface area (Å²) >= 11 is 1.86. The number of hydrogen-bond acceptors (Lipinski definition) is 4. The zero-order valence-electron chi connectivity index (χ0n) is 8.90. The predicted molar refractivity (Wildman–Crippen MR) is 70.5 cm³/mol. The number of aryl methyl sites for hydroxylation is 1. The number of nitrogens with one attached hydrogen (secondary N) is 1. The van der Waals surface area contributed by atoms with Gasteiger partial charge in [-0.05, 0) is 47.2 Å². The van der Waals surface area contributed by atoms with Crippen LogP contribution in [-0.4, -0.2) is 15.1 Å². The fraction of sp³-hybridized carbons (Fsp3) is 0.0909. The van der Waals surface area contributed by atoms with Crippen LogP contribution in [-0.2, 0) is 0 Å². The second-order valence-electron chi connectivity index (χ2n) is 3.46. The van der Waals surface area contributed by atoms with Crippen molar-refractivity contribution in [2.75, 3.05) is 0 Å². The number of aromatic hydroxyl groups is 1. The normalized spacial score (nSPS) is 10.2. The third-order valence-electron chi connectivity index (χ3n) is 2.01. The molecule has 0 radical (unpaired) electrons. The highest BCUT2D eigenvalue weighted by molar-refractivity contribution is 14.1. The van der Waals surface area contributed by atoms with E-state index < -0.39 is 0 Å². The molecule has 5 nitrogen and oxygen atoms in total. The molecule has 0 atom stereocenters. The predicted octanol–water partition coefficient (Wildman–Crippen LogP) is 2.18. The van der Waals surface area contributed by atoms with E-state index in [0.29, 0.717) is 9.32 Å². The van der Waals surface area contributed by atoms with E-state index in [4.69, 9.17) is 4.74 Å². The Labute approximate surface area is 111 Å². The number of hydrogen-bond donors (Lipinski definition) is 2. The summed E-state index contributed by atoms with van der Waals surface area (Å²) in [4.78, 5) is 17.7. The van der Waals surface area contributed by atoms with Gasteiger partial charge in [0.1, 0.15) is 15.1 Å². The number of phenolic OH excluding ortho intramolecular Hbond substituents is 1. The fourth-order valence-electron chi connectivity index (χ4n) is 1.34. The molecule has 0 aliphatic rings. The van der Waals surface area contributed by atoms with E-state index in [9.17, 15) is 9.90 Å². The highest BCUT2D eigenvalue weighted by atomic mass is 127. The van der Waals surface area contributed by atoms with Crippen molar-refractivity contribution in [2.24, 2.45) is 0 Å². The van der Waals surface area contributed by atoms with Crippen LogP contribution in [0.4, 0.5) is 0 Å². The van der Waals surface area contributed by atoms with E-state index in [0.717, 1.165) is 5.56 Å². The van der Waals surface area contributed by atoms with Gasteiger partial charge in [-0.2, -0.15) is 0 Å². The molecule has 1 aromatic carbocycles. The SMILES string of the molecule is Cc1cc(O)cc(Oc2nc[nH]c(=O)c2I)c1. The lowest BCUT2D eigenvalue weighted by Gasteiger charge is -2.06. The Morgan fingerprint density at radius 1 is 1.41 bits per heavy atom. The van der Waals surface area contributed by atoms with E-state index in [2.05, 4.69) is 9.97 Å². The Balaban J connectivity index is 2.38. The molecule has 0 fully saturated rings. The minimum atomic E-state index is -0.257. The van der Waals surface area contributed by atoms with Crippen molar-refractivity contribution in [1.29, 1.82) is 0 Å². The van der Waals surface area contributed by atoms with Crippen molar-refractivity contribution in [3.63, 3.8) is 0 Å². The lowest BCUT2D eigenvalue weighted by atomic mass is 10.2. The highest BCUT2D eigenvalue weighted by Gasteiger charge is 2.08. The van der Waals surface area contributed by atoms with Gasteiger partial charge in [0, 0.05) is 6.07 Å². The summed E-state index contributed by atoms with van der Waals surface area (Å²) in [5.74, 6) is 0.776. The van der Waals surface area contributed by atoms with Gasteiger partial charge in [-0.1, -0.05) is 0 Å². The molecule has 0 aliphatic heterocycles. The second kappa shape index (κ2) is 4.74. The minimum Gasteiger partial charge on any atom is -0.508 e. The summed E-state index contributed by atoms with van der Waals surface area (Å²) in [6, 6.07) is 4.83. The van der Waals surface area contributed by atoms with Gasteiger partial charge in [0.2, 0.25) is 5.88 Å². The zero-order chi connectivity index (χ0) is 12.4. The van der Waals surface area contributed by atoms with Crippen molar-refractivity contribution in [2.45, 2.75) is 6.92 Å². The van der Waals surface area contributed by atoms with Gasteiger partial charge in [-0.25, -0.2) is 4.98 Å². The summed E-state index contributed by atoms with van der Waals surface area (Å²) < 4.78 is 5.82. The molecule has 0 spiro atoms. The van der Waals surface area contributed by atoms with E-state index in [-0.39, 0.29) is 17.2 Å². The van der Waals surface area contributed by atoms with Crippen molar-refractivity contribution in [1.82, 2.24) is 9.97 Å². The summed E-state index contributed by atoms with van der Waals surface area (Å²) in [6.07, 6.45) is 1.27. The number of ether oxygens (including phenoxy) is 1. The van der Waals surface area contributed by atoms with Gasteiger partial charge >= 0.3 is 0 Å². The molecule has 2 N–H and O–H groups in total. The Hall–Kier alpha value is -1.57. The molecule has 0 saturated carbocycles. The van der Waals surface area contributed by atoms with Gasteiger partial charge in [0.15, 0.2) is 0 Å². The monoisotopic (exact) mass is 344 g/mol. The minimum absolute atomic E-state index is 0.111. The summed E-state index contributed by atoms with van der Waals surface area (Å²) in [5.41, 5.74) is 0.604. The van der Waals surface area contributed by atoms with E-state index in [1.54, 1.807) is 12.1 Å². The van der Waals surface area contributed by atoms with Crippen LogP contribution in [0, 0.1) is 10.5 Å². The van der Waals surface area contributed by atoms with Crippen LogP contribution in [0.15, 0.2) is 29.3 Å². The number of rotatable bonds is 2. The van der Waals surface area contributed by atoms with Gasteiger partial charge in [-0.15, -0.1) is 0 Å². The molecule has 0 amide bonds. The Kier molecular flexibility index (Phi) is 3.32. The van der Waals surface area contributed by atoms with Crippen molar-refractivity contribution in [3.8, 4) is 17.4 Å². The first kappa shape index (κ1) is 11.9. The molecule has 1 aromatic heterocycles. The van der Waals surface area contributed by atoms with Crippen LogP contribution in [0.1, 0.15) is 5.56 Å². The Morgan fingerprint density at radius 2 is 2.18 bits per heavy atom. The van der Waals surface area contributed by atoms with Crippen molar-refractivity contribution < 1.29 is 9.84 Å². The van der Waals surface area contributed by atoms with Gasteiger partial charge in [0.05, 0.1) is 6.33 Å². The first-order chi connectivity index (χ1) is 8.06. The molecule has 0 aliphatic carbocycles. The highest BCUT2D eigenvalue weighted by Crippen LogP contribution is 2.26. The molecule has 0 bridgehead atoms. The third kappa shape index (κ3) is 2.76. The lowest BCUT2D eigenvalue weighted by Crippen LogP contribution is -2.11. The number of halogens is 1. The molecule has 2 rings (SSSR count). The van der Waals surface area contributed by atoms with Crippen molar-refractivity contribution in [3.05, 3.63) is 44.0 Å².